The van der Waals surface area contributed by atoms with Crippen LogP contribution in [-0.2, 0) is 9.47 Å². The van der Waals surface area contributed by atoms with Gasteiger partial charge in [-0.3, -0.25) is 5.41 Å². The SMILES string of the molecule is CC(c1ccccc1)C1OC23CCC(C(C)(C)C)CC2C(C#N)(C(=N)O3)C1(C#N)C#N. The van der Waals surface area contributed by atoms with Gasteiger partial charge in [-0.1, -0.05) is 58.0 Å². The number of hydrogen-bond donors (Lipinski definition) is 1. The summed E-state index contributed by atoms with van der Waals surface area (Å²) in [6.45, 7) is 8.40. The number of nitrogens with zero attached hydrogens (tertiary/aromatic N) is 3. The standard InChI is InChI=1S/C25H28N4O2/c1-16(17-8-6-5-7-9-17)20-23(13-26,14-27)24(15-28)19-12-18(22(2,3)4)10-11-25(19,30-20)31-21(24)29/h5-9,16,18-20,29H,10-12H2,1-4H3. The Hall–Kier alpha value is -2.88. The first-order valence-electron chi connectivity index (χ1n) is 10.9. The fourth-order valence-corrected chi connectivity index (χ4v) is 6.06. The Balaban J connectivity index is 1.90. The molecule has 2 aliphatic heterocycles. The van der Waals surface area contributed by atoms with Crippen LogP contribution in [0.25, 0.3) is 0 Å². The Labute approximate surface area is 183 Å². The predicted molar refractivity (Wildman–Crippen MR) is 113 cm³/mol. The van der Waals surface area contributed by atoms with E-state index in [9.17, 15) is 15.8 Å². The molecule has 6 nitrogen and oxygen atoms in total. The number of nitriles is 3. The molecular weight excluding hydrogens is 388 g/mol. The van der Waals surface area contributed by atoms with Gasteiger partial charge in [0.2, 0.25) is 11.7 Å². The molecule has 2 bridgehead atoms. The van der Waals surface area contributed by atoms with Crippen LogP contribution in [0.5, 0.6) is 0 Å². The molecule has 1 N–H and O–H groups in total. The fraction of sp³-hybridized carbons (Fsp3) is 0.600. The highest BCUT2D eigenvalue weighted by Gasteiger charge is 2.81. The van der Waals surface area contributed by atoms with Crippen LogP contribution in [0.3, 0.4) is 0 Å². The number of ether oxygens (including phenoxy) is 2. The maximum atomic E-state index is 10.5. The fourth-order valence-electron chi connectivity index (χ4n) is 6.06. The summed E-state index contributed by atoms with van der Waals surface area (Å²) >= 11 is 0. The third kappa shape index (κ3) is 2.60. The van der Waals surface area contributed by atoms with Gasteiger partial charge in [0, 0.05) is 12.3 Å². The topological polar surface area (TPSA) is 114 Å². The van der Waals surface area contributed by atoms with E-state index in [2.05, 4.69) is 39.0 Å². The van der Waals surface area contributed by atoms with Gasteiger partial charge in [0.25, 0.3) is 0 Å². The van der Waals surface area contributed by atoms with Crippen LogP contribution in [-0.4, -0.2) is 17.8 Å². The molecule has 3 aliphatic rings. The van der Waals surface area contributed by atoms with E-state index in [1.54, 1.807) is 0 Å². The first kappa shape index (κ1) is 21.4. The van der Waals surface area contributed by atoms with Crippen LogP contribution < -0.4 is 0 Å². The molecule has 3 fully saturated rings. The Kier molecular flexibility index (Phi) is 4.69. The summed E-state index contributed by atoms with van der Waals surface area (Å²) in [7, 11) is 0. The minimum absolute atomic E-state index is 0.00396. The second kappa shape index (κ2) is 6.81. The molecule has 4 rings (SSSR count). The first-order valence-corrected chi connectivity index (χ1v) is 10.9. The van der Waals surface area contributed by atoms with E-state index in [4.69, 9.17) is 14.9 Å². The zero-order valence-corrected chi connectivity index (χ0v) is 18.5. The lowest BCUT2D eigenvalue weighted by atomic mass is 9.49. The molecule has 6 atom stereocenters. The first-order chi connectivity index (χ1) is 14.6. The van der Waals surface area contributed by atoms with E-state index in [1.807, 2.05) is 37.3 Å². The summed E-state index contributed by atoms with van der Waals surface area (Å²) in [6.07, 6.45) is 1.07. The second-order valence-electron chi connectivity index (χ2n) is 10.3. The number of nitrogens with one attached hydrogen (secondary N) is 1. The molecule has 1 aromatic rings. The molecule has 2 saturated heterocycles. The van der Waals surface area contributed by atoms with Crippen LogP contribution >= 0.6 is 0 Å². The molecule has 1 saturated carbocycles. The normalized spacial score (nSPS) is 36.8. The van der Waals surface area contributed by atoms with Crippen molar-refractivity contribution in [2.45, 2.75) is 64.8 Å². The molecular formula is C25H28N4O2. The molecule has 0 radical (unpaired) electrons. The Morgan fingerprint density at radius 1 is 1.10 bits per heavy atom. The van der Waals surface area contributed by atoms with Crippen LogP contribution in [0.1, 0.15) is 58.4 Å². The van der Waals surface area contributed by atoms with Gasteiger partial charge >= 0.3 is 0 Å². The lowest BCUT2D eigenvalue weighted by Crippen LogP contribution is -2.65. The molecule has 2 heterocycles. The lowest BCUT2D eigenvalue weighted by Gasteiger charge is -2.55. The van der Waals surface area contributed by atoms with Gasteiger partial charge in [0.15, 0.2) is 10.8 Å². The molecule has 0 spiro atoms. The van der Waals surface area contributed by atoms with Gasteiger partial charge in [0.05, 0.1) is 24.1 Å². The molecule has 31 heavy (non-hydrogen) atoms. The van der Waals surface area contributed by atoms with E-state index >= 15 is 0 Å². The van der Waals surface area contributed by atoms with Crippen molar-refractivity contribution in [3.8, 4) is 18.2 Å². The Morgan fingerprint density at radius 3 is 2.29 bits per heavy atom. The average Bonchev–Trinajstić information content (AvgIpc) is 2.96. The van der Waals surface area contributed by atoms with Crippen LogP contribution in [0.2, 0.25) is 0 Å². The minimum Gasteiger partial charge on any atom is -0.447 e. The summed E-state index contributed by atoms with van der Waals surface area (Å²) in [6, 6.07) is 16.2. The van der Waals surface area contributed by atoms with E-state index in [0.29, 0.717) is 12.8 Å². The summed E-state index contributed by atoms with van der Waals surface area (Å²) in [5, 5.41) is 40.0. The van der Waals surface area contributed by atoms with Gasteiger partial charge in [-0.05, 0) is 29.7 Å². The van der Waals surface area contributed by atoms with Gasteiger partial charge in [0.1, 0.15) is 6.10 Å². The highest BCUT2D eigenvalue weighted by Crippen LogP contribution is 2.69. The van der Waals surface area contributed by atoms with Gasteiger partial charge in [-0.2, -0.15) is 15.8 Å². The van der Waals surface area contributed by atoms with Gasteiger partial charge in [-0.15, -0.1) is 0 Å². The van der Waals surface area contributed by atoms with E-state index < -0.39 is 28.6 Å². The number of hydrogen-bond acceptors (Lipinski definition) is 6. The molecule has 1 aliphatic carbocycles. The largest absolute Gasteiger partial charge is 0.447 e. The number of benzene rings is 1. The third-order valence-corrected chi connectivity index (χ3v) is 7.96. The molecule has 0 amide bonds. The summed E-state index contributed by atoms with van der Waals surface area (Å²) in [5.74, 6) is -2.02. The monoisotopic (exact) mass is 416 g/mol. The van der Waals surface area contributed by atoms with E-state index in [-0.39, 0.29) is 23.1 Å². The summed E-state index contributed by atoms with van der Waals surface area (Å²) in [4.78, 5) is 0. The van der Waals surface area contributed by atoms with Crippen molar-refractivity contribution >= 4 is 5.90 Å². The predicted octanol–water partition coefficient (Wildman–Crippen LogP) is 4.90. The highest BCUT2D eigenvalue weighted by atomic mass is 16.7. The Bertz CT molecular complexity index is 1010. The zero-order valence-electron chi connectivity index (χ0n) is 18.5. The van der Waals surface area contributed by atoms with Gasteiger partial charge < -0.3 is 9.47 Å². The smallest absolute Gasteiger partial charge is 0.217 e. The van der Waals surface area contributed by atoms with E-state index in [1.165, 1.54) is 0 Å². The summed E-state index contributed by atoms with van der Waals surface area (Å²) < 4.78 is 12.6. The van der Waals surface area contributed by atoms with E-state index in [0.717, 1.165) is 12.0 Å². The van der Waals surface area contributed by atoms with Crippen LogP contribution in [0.15, 0.2) is 30.3 Å². The van der Waals surface area contributed by atoms with Crippen LogP contribution in [0, 0.1) is 67.5 Å². The summed E-state index contributed by atoms with van der Waals surface area (Å²) in [5.41, 5.74) is -2.60. The molecule has 0 aromatic heterocycles. The van der Waals surface area contributed by atoms with Crippen molar-refractivity contribution in [2.75, 3.05) is 0 Å². The molecule has 6 heteroatoms. The maximum absolute atomic E-state index is 10.5. The van der Waals surface area contributed by atoms with Crippen molar-refractivity contribution in [3.05, 3.63) is 35.9 Å². The number of rotatable bonds is 2. The third-order valence-electron chi connectivity index (χ3n) is 7.96. The second-order valence-corrected chi connectivity index (χ2v) is 10.3. The van der Waals surface area contributed by atoms with Crippen molar-refractivity contribution < 1.29 is 9.47 Å². The lowest BCUT2D eigenvalue weighted by molar-refractivity contribution is -0.302. The average molecular weight is 417 g/mol. The highest BCUT2D eigenvalue weighted by molar-refractivity contribution is 5.89. The van der Waals surface area contributed by atoms with Crippen molar-refractivity contribution in [3.63, 3.8) is 0 Å². The molecule has 6 unspecified atom stereocenters. The minimum atomic E-state index is -1.85. The maximum Gasteiger partial charge on any atom is 0.217 e. The van der Waals surface area contributed by atoms with Crippen molar-refractivity contribution in [1.82, 2.24) is 0 Å². The van der Waals surface area contributed by atoms with Crippen molar-refractivity contribution in [2.24, 2.45) is 28.1 Å². The molecule has 160 valence electrons. The van der Waals surface area contributed by atoms with Crippen LogP contribution in [0.4, 0.5) is 0 Å². The Morgan fingerprint density at radius 2 is 1.74 bits per heavy atom. The molecule has 1 aromatic carbocycles. The quantitative estimate of drug-likeness (QED) is 0.736. The zero-order chi connectivity index (χ0) is 22.7. The van der Waals surface area contributed by atoms with Gasteiger partial charge in [-0.25, -0.2) is 0 Å². The van der Waals surface area contributed by atoms with Crippen molar-refractivity contribution in [1.29, 1.82) is 21.2 Å².